The first-order valence-corrected chi connectivity index (χ1v) is 5.63. The Bertz CT molecular complexity index is 99.2. The number of hydrogen-bond acceptors (Lipinski definition) is 0. The van der Waals surface area contributed by atoms with Crippen LogP contribution < -0.4 is 0 Å². The fourth-order valence-electron chi connectivity index (χ4n) is 1.46. The van der Waals surface area contributed by atoms with Crippen LogP contribution in [0.2, 0.25) is 0 Å². The molecular formula is C13H24. The SMILES string of the molecule is C=CCCCCCCCCCC=C. The Labute approximate surface area is 83.7 Å². The van der Waals surface area contributed by atoms with Gasteiger partial charge in [0.2, 0.25) is 0 Å². The monoisotopic (exact) mass is 180 g/mol. The van der Waals surface area contributed by atoms with Crippen LogP contribution in [0.15, 0.2) is 25.3 Å². The molecule has 0 N–H and O–H groups in total. The maximum absolute atomic E-state index is 3.72. The second-order valence-electron chi connectivity index (χ2n) is 3.63. The fraction of sp³-hybridized carbons (Fsp3) is 0.692. The first-order chi connectivity index (χ1) is 6.41. The van der Waals surface area contributed by atoms with Crippen molar-refractivity contribution >= 4 is 0 Å². The summed E-state index contributed by atoms with van der Waals surface area (Å²) in [5, 5.41) is 0. The van der Waals surface area contributed by atoms with Crippen molar-refractivity contribution in [2.24, 2.45) is 0 Å². The second kappa shape index (κ2) is 11.5. The molecule has 0 rings (SSSR count). The summed E-state index contributed by atoms with van der Waals surface area (Å²) in [6, 6.07) is 0. The molecule has 0 amide bonds. The van der Waals surface area contributed by atoms with Gasteiger partial charge in [-0.2, -0.15) is 0 Å². The van der Waals surface area contributed by atoms with E-state index in [0.717, 1.165) is 0 Å². The molecule has 0 radical (unpaired) electrons. The molecule has 76 valence electrons. The van der Waals surface area contributed by atoms with E-state index in [-0.39, 0.29) is 0 Å². The van der Waals surface area contributed by atoms with Crippen LogP contribution in [0, 0.1) is 0 Å². The molecule has 0 aromatic rings. The molecule has 0 spiro atoms. The molecule has 0 heteroatoms. The van der Waals surface area contributed by atoms with Crippen molar-refractivity contribution < 1.29 is 0 Å². The Hall–Kier alpha value is -0.520. The maximum atomic E-state index is 3.72. The molecule has 0 aromatic carbocycles. The summed E-state index contributed by atoms with van der Waals surface area (Å²) < 4.78 is 0. The summed E-state index contributed by atoms with van der Waals surface area (Å²) in [5.74, 6) is 0. The van der Waals surface area contributed by atoms with Crippen molar-refractivity contribution in [2.45, 2.75) is 57.8 Å². The molecule has 0 heterocycles. The smallest absolute Gasteiger partial charge is 0.0353 e. The van der Waals surface area contributed by atoms with Crippen LogP contribution >= 0.6 is 0 Å². The van der Waals surface area contributed by atoms with Crippen molar-refractivity contribution in [3.8, 4) is 0 Å². The summed E-state index contributed by atoms with van der Waals surface area (Å²) in [6.45, 7) is 7.44. The van der Waals surface area contributed by atoms with E-state index in [1.54, 1.807) is 0 Å². The van der Waals surface area contributed by atoms with Crippen molar-refractivity contribution in [1.82, 2.24) is 0 Å². The molecule has 13 heavy (non-hydrogen) atoms. The molecule has 0 saturated heterocycles. The molecule has 0 atom stereocenters. The van der Waals surface area contributed by atoms with Gasteiger partial charge in [-0.05, 0) is 25.7 Å². The first-order valence-electron chi connectivity index (χ1n) is 5.63. The summed E-state index contributed by atoms with van der Waals surface area (Å²) in [4.78, 5) is 0. The lowest BCUT2D eigenvalue weighted by atomic mass is 10.1. The second-order valence-corrected chi connectivity index (χ2v) is 3.63. The van der Waals surface area contributed by atoms with Crippen molar-refractivity contribution in [1.29, 1.82) is 0 Å². The highest BCUT2D eigenvalue weighted by Gasteiger charge is 1.89. The van der Waals surface area contributed by atoms with Gasteiger partial charge in [0.25, 0.3) is 0 Å². The fourth-order valence-corrected chi connectivity index (χ4v) is 1.46. The Morgan fingerprint density at radius 2 is 0.846 bits per heavy atom. The molecule has 0 bridgehead atoms. The van der Waals surface area contributed by atoms with Crippen LogP contribution in [-0.2, 0) is 0 Å². The molecular weight excluding hydrogens is 156 g/mol. The Kier molecular flexibility index (Phi) is 11.0. The predicted molar refractivity (Wildman–Crippen MR) is 61.9 cm³/mol. The number of rotatable bonds is 10. The highest BCUT2D eigenvalue weighted by Crippen LogP contribution is 2.09. The molecule has 0 aliphatic rings. The van der Waals surface area contributed by atoms with Crippen LogP contribution in [0.25, 0.3) is 0 Å². The van der Waals surface area contributed by atoms with Crippen LogP contribution in [-0.4, -0.2) is 0 Å². The van der Waals surface area contributed by atoms with E-state index in [1.165, 1.54) is 57.8 Å². The van der Waals surface area contributed by atoms with Gasteiger partial charge in [-0.15, -0.1) is 13.2 Å². The zero-order valence-electron chi connectivity index (χ0n) is 8.93. The minimum Gasteiger partial charge on any atom is -0.103 e. The van der Waals surface area contributed by atoms with Crippen LogP contribution in [0.5, 0.6) is 0 Å². The lowest BCUT2D eigenvalue weighted by Gasteiger charge is -1.99. The lowest BCUT2D eigenvalue weighted by Crippen LogP contribution is -1.79. The Balaban J connectivity index is 2.83. The van der Waals surface area contributed by atoms with E-state index in [2.05, 4.69) is 13.2 Å². The standard InChI is InChI=1S/C13H24/c1-3-5-7-9-11-13-12-10-8-6-4-2/h3-4H,1-2,5-13H2. The van der Waals surface area contributed by atoms with E-state index in [9.17, 15) is 0 Å². The lowest BCUT2D eigenvalue weighted by molar-refractivity contribution is 0.584. The van der Waals surface area contributed by atoms with E-state index < -0.39 is 0 Å². The quantitative estimate of drug-likeness (QED) is 0.332. The third-order valence-electron chi connectivity index (χ3n) is 2.32. The van der Waals surface area contributed by atoms with Gasteiger partial charge >= 0.3 is 0 Å². The van der Waals surface area contributed by atoms with Crippen molar-refractivity contribution in [3.63, 3.8) is 0 Å². The van der Waals surface area contributed by atoms with Crippen LogP contribution in [0.3, 0.4) is 0 Å². The van der Waals surface area contributed by atoms with E-state index in [1.807, 2.05) is 12.2 Å². The maximum Gasteiger partial charge on any atom is -0.0353 e. The largest absolute Gasteiger partial charge is 0.103 e. The number of hydrogen-bond donors (Lipinski definition) is 0. The van der Waals surface area contributed by atoms with Crippen LogP contribution in [0.4, 0.5) is 0 Å². The van der Waals surface area contributed by atoms with Crippen molar-refractivity contribution in [3.05, 3.63) is 25.3 Å². The zero-order chi connectivity index (χ0) is 9.78. The van der Waals surface area contributed by atoms with E-state index >= 15 is 0 Å². The zero-order valence-corrected chi connectivity index (χ0v) is 8.93. The van der Waals surface area contributed by atoms with Gasteiger partial charge in [-0.1, -0.05) is 44.3 Å². The van der Waals surface area contributed by atoms with Gasteiger partial charge in [0.05, 0.1) is 0 Å². The van der Waals surface area contributed by atoms with E-state index in [4.69, 9.17) is 0 Å². The highest BCUT2D eigenvalue weighted by molar-refractivity contribution is 4.66. The summed E-state index contributed by atoms with van der Waals surface area (Å²) in [5.41, 5.74) is 0. The third kappa shape index (κ3) is 11.5. The Morgan fingerprint density at radius 3 is 1.15 bits per heavy atom. The van der Waals surface area contributed by atoms with Gasteiger partial charge < -0.3 is 0 Å². The molecule has 0 nitrogen and oxygen atoms in total. The molecule has 0 unspecified atom stereocenters. The normalized spacial score (nSPS) is 9.85. The van der Waals surface area contributed by atoms with Gasteiger partial charge in [-0.25, -0.2) is 0 Å². The van der Waals surface area contributed by atoms with Crippen molar-refractivity contribution in [2.75, 3.05) is 0 Å². The van der Waals surface area contributed by atoms with E-state index in [0.29, 0.717) is 0 Å². The molecule has 0 fully saturated rings. The summed E-state index contributed by atoms with van der Waals surface area (Å²) >= 11 is 0. The third-order valence-corrected chi connectivity index (χ3v) is 2.32. The molecule has 0 aliphatic heterocycles. The molecule has 0 aromatic heterocycles. The summed E-state index contributed by atoms with van der Waals surface area (Å²) in [7, 11) is 0. The summed E-state index contributed by atoms with van der Waals surface area (Å²) in [6.07, 6.45) is 16.1. The highest BCUT2D eigenvalue weighted by atomic mass is 14.0. The minimum absolute atomic E-state index is 1.19. The average molecular weight is 180 g/mol. The number of allylic oxidation sites excluding steroid dienone is 2. The van der Waals surface area contributed by atoms with Gasteiger partial charge in [0.15, 0.2) is 0 Å². The average Bonchev–Trinajstić information content (AvgIpc) is 2.16. The van der Waals surface area contributed by atoms with Gasteiger partial charge in [0, 0.05) is 0 Å². The first kappa shape index (κ1) is 12.5. The Morgan fingerprint density at radius 1 is 0.538 bits per heavy atom. The molecule has 0 aliphatic carbocycles. The topological polar surface area (TPSA) is 0 Å². The predicted octanol–water partition coefficient (Wildman–Crippen LogP) is 4.87. The van der Waals surface area contributed by atoms with Gasteiger partial charge in [-0.3, -0.25) is 0 Å². The van der Waals surface area contributed by atoms with Gasteiger partial charge in [0.1, 0.15) is 0 Å². The van der Waals surface area contributed by atoms with Crippen LogP contribution in [0.1, 0.15) is 57.8 Å². The molecule has 0 saturated carbocycles. The number of unbranched alkanes of at least 4 members (excludes halogenated alkanes) is 8. The minimum atomic E-state index is 1.19.